The molecule has 1 unspecified atom stereocenters. The lowest BCUT2D eigenvalue weighted by molar-refractivity contribution is -0.120. The zero-order chi connectivity index (χ0) is 11.9. The van der Waals surface area contributed by atoms with Crippen molar-refractivity contribution in [3.8, 4) is 0 Å². The van der Waals surface area contributed by atoms with E-state index < -0.39 is 6.49 Å². The van der Waals surface area contributed by atoms with Crippen LogP contribution in [0, 0.1) is 5.92 Å². The largest absolute Gasteiger partial charge is 0.384 e. The van der Waals surface area contributed by atoms with E-state index in [0.29, 0.717) is 19.4 Å². The topological polar surface area (TPSA) is 55.8 Å². The van der Waals surface area contributed by atoms with E-state index in [9.17, 15) is 9.69 Å². The highest BCUT2D eigenvalue weighted by atomic mass is 32.5. The number of hydrogen-bond donors (Lipinski definition) is 1. The normalized spacial score (nSPS) is 17.1. The summed E-state index contributed by atoms with van der Waals surface area (Å²) in [7, 11) is 1.57. The number of hydrogen-bond acceptors (Lipinski definition) is 4. The summed E-state index contributed by atoms with van der Waals surface area (Å²) in [6.07, 6.45) is 0.930. The van der Waals surface area contributed by atoms with E-state index in [4.69, 9.17) is 21.1 Å². The van der Waals surface area contributed by atoms with E-state index >= 15 is 0 Å². The molecule has 0 fully saturated rings. The molecule has 0 aromatic carbocycles. The molecule has 0 bridgehead atoms. The molecule has 6 heteroatoms. The van der Waals surface area contributed by atoms with Crippen LogP contribution in [0.25, 0.3) is 0 Å². The van der Waals surface area contributed by atoms with Crippen LogP contribution in [0.1, 0.15) is 19.8 Å². The van der Waals surface area contributed by atoms with Gasteiger partial charge in [0, 0.05) is 32.5 Å². The summed E-state index contributed by atoms with van der Waals surface area (Å²) in [4.78, 5) is 20.5. The first-order chi connectivity index (χ1) is 6.89. The number of carbonyl (C=O) groups is 1. The Bertz CT molecular complexity index is 238. The highest BCUT2D eigenvalue weighted by Crippen LogP contribution is 2.37. The number of ketones is 1. The van der Waals surface area contributed by atoms with Crippen LogP contribution in [0.3, 0.4) is 0 Å². The van der Waals surface area contributed by atoms with Gasteiger partial charge in [0.25, 0.3) is 0 Å². The zero-order valence-corrected chi connectivity index (χ0v) is 11.1. The van der Waals surface area contributed by atoms with Crippen molar-refractivity contribution in [2.75, 3.05) is 27.0 Å². The summed E-state index contributed by atoms with van der Waals surface area (Å²) in [5, 5.41) is 0. The number of Topliss-reactive ketones (excluding diaryl/α,β-unsaturated/α-hetero) is 1. The molecule has 0 aromatic rings. The number of ether oxygens (including phenoxy) is 1. The summed E-state index contributed by atoms with van der Waals surface area (Å²) in [6.45, 7) is 1.42. The van der Waals surface area contributed by atoms with E-state index in [1.165, 1.54) is 6.66 Å². The van der Waals surface area contributed by atoms with Gasteiger partial charge >= 0.3 is 0 Å². The van der Waals surface area contributed by atoms with Crippen LogP contribution >= 0.6 is 6.49 Å². The van der Waals surface area contributed by atoms with Crippen molar-refractivity contribution in [2.45, 2.75) is 19.8 Å². The number of carbonyl (C=O) groups excluding carboxylic acids is 1. The molecule has 0 saturated heterocycles. The number of methoxy groups -OCH3 is 1. The quantitative estimate of drug-likeness (QED) is 0.666. The maximum atomic E-state index is 11.2. The fourth-order valence-corrected chi connectivity index (χ4v) is 1.78. The molecule has 90 valence electrons. The molecule has 0 spiro atoms. The molecule has 0 amide bonds. The van der Waals surface area contributed by atoms with Gasteiger partial charge in [0.2, 0.25) is 0 Å². The van der Waals surface area contributed by atoms with Gasteiger partial charge in [0.05, 0.1) is 13.2 Å². The predicted octanol–water partition coefficient (Wildman–Crippen LogP) is 1.57. The number of rotatable bonds is 8. The molecule has 0 saturated carbocycles. The minimum Gasteiger partial charge on any atom is -0.384 e. The molecular formula is C9H19O4PS. The van der Waals surface area contributed by atoms with Gasteiger partial charge in [-0.3, -0.25) is 4.79 Å². The lowest BCUT2D eigenvalue weighted by Gasteiger charge is -2.17. The third-order valence-corrected chi connectivity index (χ3v) is 2.81. The Morgan fingerprint density at radius 1 is 1.53 bits per heavy atom. The molecule has 0 aliphatic carbocycles. The molecule has 1 N–H and O–H groups in total. The van der Waals surface area contributed by atoms with Gasteiger partial charge in [-0.1, -0.05) is 6.92 Å². The van der Waals surface area contributed by atoms with Gasteiger partial charge in [-0.25, -0.2) is 0 Å². The Morgan fingerprint density at radius 3 is 2.53 bits per heavy atom. The van der Waals surface area contributed by atoms with Crippen molar-refractivity contribution in [3.05, 3.63) is 0 Å². The first-order valence-electron chi connectivity index (χ1n) is 4.84. The van der Waals surface area contributed by atoms with Gasteiger partial charge in [-0.15, -0.1) is 0 Å². The summed E-state index contributed by atoms with van der Waals surface area (Å²) >= 11 is 4.75. The van der Waals surface area contributed by atoms with Crippen LogP contribution in [-0.4, -0.2) is 37.7 Å². The monoisotopic (exact) mass is 254 g/mol. The summed E-state index contributed by atoms with van der Waals surface area (Å²) < 4.78 is 10.1. The molecule has 0 aromatic heterocycles. The van der Waals surface area contributed by atoms with Crippen molar-refractivity contribution in [1.29, 1.82) is 0 Å². The van der Waals surface area contributed by atoms with Crippen molar-refractivity contribution in [1.82, 2.24) is 0 Å². The molecule has 0 rings (SSSR count). The first kappa shape index (κ1) is 15.2. The molecule has 15 heavy (non-hydrogen) atoms. The Hall–Kier alpha value is 0.200. The van der Waals surface area contributed by atoms with Crippen molar-refractivity contribution < 1.29 is 18.9 Å². The van der Waals surface area contributed by atoms with E-state index in [-0.39, 0.29) is 18.3 Å². The maximum absolute atomic E-state index is 11.2. The third-order valence-electron chi connectivity index (χ3n) is 1.86. The Morgan fingerprint density at radius 2 is 2.13 bits per heavy atom. The molecule has 0 radical (unpaired) electrons. The predicted molar refractivity (Wildman–Crippen MR) is 63.7 cm³/mol. The van der Waals surface area contributed by atoms with Gasteiger partial charge in [0.15, 0.2) is 6.49 Å². The average Bonchev–Trinajstić information content (AvgIpc) is 2.13. The minimum absolute atomic E-state index is 0.0168. The second-order valence-corrected chi connectivity index (χ2v) is 7.41. The standard InChI is InChI=1S/C9H19O4PS/c1-4-9(10)5-8(6-12-2)7-13-14(3,11)15/h8H,4-7H2,1-3H3,(H,11,15)/t8-,14?/m0/s1. The first-order valence-corrected chi connectivity index (χ1v) is 7.96. The van der Waals surface area contributed by atoms with Gasteiger partial charge < -0.3 is 14.2 Å². The van der Waals surface area contributed by atoms with Crippen LogP contribution in [0.2, 0.25) is 0 Å². The van der Waals surface area contributed by atoms with E-state index in [1.807, 2.05) is 6.92 Å². The Kier molecular flexibility index (Phi) is 7.57. The second-order valence-electron chi connectivity index (χ2n) is 3.52. The van der Waals surface area contributed by atoms with Gasteiger partial charge in [-0.05, 0) is 11.8 Å². The van der Waals surface area contributed by atoms with Gasteiger partial charge in [0.1, 0.15) is 5.78 Å². The SMILES string of the molecule is CCC(=O)C[C@@H](COC)COP(C)(O)=S. The highest BCUT2D eigenvalue weighted by Gasteiger charge is 2.16. The van der Waals surface area contributed by atoms with Crippen LogP contribution < -0.4 is 0 Å². The van der Waals surface area contributed by atoms with E-state index in [2.05, 4.69) is 0 Å². The summed E-state index contributed by atoms with van der Waals surface area (Å²) in [5.41, 5.74) is 0. The Labute approximate surface area is 96.1 Å². The second kappa shape index (κ2) is 7.47. The summed E-state index contributed by atoms with van der Waals surface area (Å²) in [6, 6.07) is 0. The Balaban J connectivity index is 4.04. The van der Waals surface area contributed by atoms with Crippen LogP contribution in [0.15, 0.2) is 0 Å². The molecule has 2 atom stereocenters. The molecular weight excluding hydrogens is 235 g/mol. The van der Waals surface area contributed by atoms with E-state index in [0.717, 1.165) is 0 Å². The van der Waals surface area contributed by atoms with Gasteiger partial charge in [-0.2, -0.15) is 0 Å². The zero-order valence-electron chi connectivity index (χ0n) is 9.43. The van der Waals surface area contributed by atoms with Crippen LogP contribution in [0.4, 0.5) is 0 Å². The smallest absolute Gasteiger partial charge is 0.183 e. The molecule has 0 aliphatic heterocycles. The average molecular weight is 254 g/mol. The lowest BCUT2D eigenvalue weighted by atomic mass is 10.0. The lowest BCUT2D eigenvalue weighted by Crippen LogP contribution is -2.18. The maximum Gasteiger partial charge on any atom is 0.183 e. The molecule has 0 aliphatic rings. The van der Waals surface area contributed by atoms with Crippen molar-refractivity contribution in [3.63, 3.8) is 0 Å². The van der Waals surface area contributed by atoms with Crippen LogP contribution in [-0.2, 0) is 25.9 Å². The van der Waals surface area contributed by atoms with Crippen molar-refractivity contribution >= 4 is 24.1 Å². The minimum atomic E-state index is -2.63. The van der Waals surface area contributed by atoms with Crippen molar-refractivity contribution in [2.24, 2.45) is 5.92 Å². The molecule has 0 heterocycles. The highest BCUT2D eigenvalue weighted by molar-refractivity contribution is 8.09. The summed E-state index contributed by atoms with van der Waals surface area (Å²) in [5.74, 6) is 0.153. The molecule has 4 nitrogen and oxygen atoms in total. The fourth-order valence-electron chi connectivity index (χ4n) is 1.11. The van der Waals surface area contributed by atoms with Crippen LogP contribution in [0.5, 0.6) is 0 Å². The van der Waals surface area contributed by atoms with E-state index in [1.54, 1.807) is 7.11 Å². The third kappa shape index (κ3) is 9.15. The fraction of sp³-hybridized carbons (Fsp3) is 0.889.